The topological polar surface area (TPSA) is 34.2 Å². The minimum atomic E-state index is -0.280. The molecule has 0 saturated carbocycles. The van der Waals surface area contributed by atoms with E-state index in [1.807, 2.05) is 12.3 Å². The molecule has 7 aromatic carbocycles. The van der Waals surface area contributed by atoms with Crippen molar-refractivity contribution >= 4 is 49.3 Å². The van der Waals surface area contributed by atoms with Gasteiger partial charge in [-0.05, 0) is 82.4 Å². The highest BCUT2D eigenvalue weighted by atomic mass is 15.3. The van der Waals surface area contributed by atoms with E-state index in [-0.39, 0.29) is 6.29 Å². The molecule has 10 rings (SSSR count). The summed E-state index contributed by atoms with van der Waals surface area (Å²) in [6.45, 7) is 0. The molecule has 4 nitrogen and oxygen atoms in total. The van der Waals surface area contributed by atoms with E-state index in [0.29, 0.717) is 0 Å². The molecule has 0 aliphatic carbocycles. The molecule has 3 heterocycles. The van der Waals surface area contributed by atoms with Crippen LogP contribution in [0.15, 0.2) is 187 Å². The lowest BCUT2D eigenvalue weighted by Crippen LogP contribution is -2.25. The van der Waals surface area contributed by atoms with Crippen molar-refractivity contribution in [3.05, 3.63) is 188 Å². The van der Waals surface area contributed by atoms with Crippen LogP contribution in [0.1, 0.15) is 11.9 Å². The predicted molar refractivity (Wildman–Crippen MR) is 209 cm³/mol. The third kappa shape index (κ3) is 4.57. The van der Waals surface area contributed by atoms with Crippen molar-refractivity contribution in [1.29, 1.82) is 0 Å². The van der Waals surface area contributed by atoms with Crippen LogP contribution in [0.2, 0.25) is 0 Å². The molecule has 0 fully saturated rings. The molecule has 1 atom stereocenters. The number of benzene rings is 7. The van der Waals surface area contributed by atoms with Crippen LogP contribution < -0.4 is 5.32 Å². The van der Waals surface area contributed by atoms with Gasteiger partial charge in [-0.3, -0.25) is 0 Å². The molecule has 1 aliphatic rings. The Labute approximate surface area is 289 Å². The van der Waals surface area contributed by atoms with E-state index in [2.05, 4.69) is 184 Å². The SMILES string of the molecule is C1=CC(c2ccc(-c3ccccc3)cc2)=NC(n2c3ccccc3c3cc(-c4ccc5c(c4)c4ccccc4n5-c4ccccc4)ccc32)N1. The molecule has 0 amide bonds. The second-order valence-electron chi connectivity index (χ2n) is 12.9. The van der Waals surface area contributed by atoms with Crippen molar-refractivity contribution in [1.82, 2.24) is 14.5 Å². The number of fused-ring (bicyclic) bond motifs is 6. The Hall–Kier alpha value is -6.65. The average Bonchev–Trinajstić information content (AvgIpc) is 3.71. The third-order valence-corrected chi connectivity index (χ3v) is 10.0. The molecule has 50 heavy (non-hydrogen) atoms. The Morgan fingerprint density at radius 1 is 0.420 bits per heavy atom. The van der Waals surface area contributed by atoms with Gasteiger partial charge >= 0.3 is 0 Å². The summed E-state index contributed by atoms with van der Waals surface area (Å²) in [6, 6.07) is 60.9. The lowest BCUT2D eigenvalue weighted by Gasteiger charge is -2.22. The van der Waals surface area contributed by atoms with Crippen LogP contribution >= 0.6 is 0 Å². The zero-order valence-electron chi connectivity index (χ0n) is 27.2. The van der Waals surface area contributed by atoms with Crippen LogP contribution in [-0.4, -0.2) is 14.8 Å². The summed E-state index contributed by atoms with van der Waals surface area (Å²) in [6.07, 6.45) is 3.80. The molecular weight excluding hydrogens is 609 g/mol. The Morgan fingerprint density at radius 3 is 1.66 bits per heavy atom. The van der Waals surface area contributed by atoms with Crippen LogP contribution in [-0.2, 0) is 0 Å². The highest BCUT2D eigenvalue weighted by molar-refractivity contribution is 6.13. The van der Waals surface area contributed by atoms with Gasteiger partial charge < -0.3 is 14.5 Å². The number of nitrogens with one attached hydrogen (secondary N) is 1. The van der Waals surface area contributed by atoms with Crippen molar-refractivity contribution in [2.45, 2.75) is 6.29 Å². The number of nitrogens with zero attached hydrogens (tertiary/aromatic N) is 3. The second-order valence-corrected chi connectivity index (χ2v) is 12.9. The third-order valence-electron chi connectivity index (χ3n) is 10.0. The lowest BCUT2D eigenvalue weighted by molar-refractivity contribution is 0.499. The van der Waals surface area contributed by atoms with E-state index >= 15 is 0 Å². The minimum absolute atomic E-state index is 0.280. The number of allylic oxidation sites excluding steroid dienone is 1. The van der Waals surface area contributed by atoms with E-state index < -0.39 is 0 Å². The van der Waals surface area contributed by atoms with Crippen LogP contribution in [0, 0.1) is 0 Å². The van der Waals surface area contributed by atoms with E-state index in [9.17, 15) is 0 Å². The van der Waals surface area contributed by atoms with Gasteiger partial charge in [-0.25, -0.2) is 4.99 Å². The molecule has 0 saturated heterocycles. The molecule has 1 aliphatic heterocycles. The fraction of sp³-hybridized carbons (Fsp3) is 0.0217. The maximum atomic E-state index is 5.25. The van der Waals surface area contributed by atoms with Crippen molar-refractivity contribution in [2.24, 2.45) is 4.99 Å². The Kier molecular flexibility index (Phi) is 6.53. The first-order chi connectivity index (χ1) is 24.8. The van der Waals surface area contributed by atoms with Gasteiger partial charge in [-0.1, -0.05) is 121 Å². The number of aromatic nitrogens is 2. The Balaban J connectivity index is 1.06. The first-order valence-electron chi connectivity index (χ1n) is 17.1. The first kappa shape index (κ1) is 28.4. The maximum Gasteiger partial charge on any atom is 0.201 e. The van der Waals surface area contributed by atoms with Crippen LogP contribution in [0.4, 0.5) is 0 Å². The standard InChI is InChI=1S/C46H32N4/c1-3-11-31(12-4-1)32-19-21-33(22-20-32)41-27-28-47-46(48-41)50-43-18-10-8-16-38(43)40-30-35(24-26-45(40)50)34-23-25-44-39(29-34)37-15-7-9-17-42(37)49(44)36-13-5-2-6-14-36/h1-30,46-47H. The van der Waals surface area contributed by atoms with E-state index in [4.69, 9.17) is 4.99 Å². The zero-order chi connectivity index (χ0) is 33.0. The fourth-order valence-corrected chi connectivity index (χ4v) is 7.65. The van der Waals surface area contributed by atoms with Crippen LogP contribution in [0.25, 0.3) is 71.6 Å². The molecule has 4 heteroatoms. The summed E-state index contributed by atoms with van der Waals surface area (Å²) in [5.41, 5.74) is 12.7. The smallest absolute Gasteiger partial charge is 0.201 e. The molecule has 0 spiro atoms. The molecule has 1 unspecified atom stereocenters. The van der Waals surface area contributed by atoms with Crippen molar-refractivity contribution in [2.75, 3.05) is 0 Å². The number of hydrogen-bond acceptors (Lipinski definition) is 2. The molecule has 1 N–H and O–H groups in total. The highest BCUT2D eigenvalue weighted by Crippen LogP contribution is 2.38. The Morgan fingerprint density at radius 2 is 0.920 bits per heavy atom. The molecule has 236 valence electrons. The van der Waals surface area contributed by atoms with Gasteiger partial charge in [-0.2, -0.15) is 0 Å². The monoisotopic (exact) mass is 640 g/mol. The fourth-order valence-electron chi connectivity index (χ4n) is 7.65. The van der Waals surface area contributed by atoms with Gasteiger partial charge in [-0.15, -0.1) is 0 Å². The average molecular weight is 641 g/mol. The lowest BCUT2D eigenvalue weighted by atomic mass is 10.0. The molecule has 0 radical (unpaired) electrons. The van der Waals surface area contributed by atoms with Gasteiger partial charge in [0.05, 0.1) is 27.8 Å². The molecule has 0 bridgehead atoms. The number of aliphatic imine (C=N–C) groups is 1. The molecule has 2 aromatic heterocycles. The summed E-state index contributed by atoms with van der Waals surface area (Å²) < 4.78 is 4.69. The van der Waals surface area contributed by atoms with Crippen molar-refractivity contribution in [3.8, 4) is 27.9 Å². The maximum absolute atomic E-state index is 5.25. The number of hydrogen-bond donors (Lipinski definition) is 1. The summed E-state index contributed by atoms with van der Waals surface area (Å²) in [7, 11) is 0. The highest BCUT2D eigenvalue weighted by Gasteiger charge is 2.20. The summed E-state index contributed by atoms with van der Waals surface area (Å²) in [5.74, 6) is 0. The normalized spacial score (nSPS) is 14.4. The summed E-state index contributed by atoms with van der Waals surface area (Å²) in [5, 5.41) is 8.47. The van der Waals surface area contributed by atoms with Gasteiger partial charge in [0.25, 0.3) is 0 Å². The van der Waals surface area contributed by atoms with Crippen molar-refractivity contribution < 1.29 is 0 Å². The first-order valence-corrected chi connectivity index (χ1v) is 17.1. The van der Waals surface area contributed by atoms with E-state index in [1.54, 1.807) is 0 Å². The van der Waals surface area contributed by atoms with Gasteiger partial charge in [0, 0.05) is 33.4 Å². The summed E-state index contributed by atoms with van der Waals surface area (Å²) >= 11 is 0. The molecule has 9 aromatic rings. The predicted octanol–water partition coefficient (Wildman–Crippen LogP) is 11.3. The van der Waals surface area contributed by atoms with Crippen LogP contribution in [0.3, 0.4) is 0 Å². The largest absolute Gasteiger partial charge is 0.353 e. The zero-order valence-corrected chi connectivity index (χ0v) is 27.2. The van der Waals surface area contributed by atoms with Crippen LogP contribution in [0.5, 0.6) is 0 Å². The Bertz CT molecular complexity index is 2770. The summed E-state index contributed by atoms with van der Waals surface area (Å²) in [4.78, 5) is 5.25. The quantitative estimate of drug-likeness (QED) is 0.200. The number of para-hydroxylation sites is 3. The van der Waals surface area contributed by atoms with E-state index in [0.717, 1.165) is 22.3 Å². The minimum Gasteiger partial charge on any atom is -0.353 e. The van der Waals surface area contributed by atoms with Gasteiger partial charge in [0.2, 0.25) is 6.29 Å². The second kappa shape index (κ2) is 11.5. The number of rotatable bonds is 5. The van der Waals surface area contributed by atoms with Crippen molar-refractivity contribution in [3.63, 3.8) is 0 Å². The van der Waals surface area contributed by atoms with E-state index in [1.165, 1.54) is 60.5 Å². The van der Waals surface area contributed by atoms with Gasteiger partial charge in [0.1, 0.15) is 0 Å². The molecular formula is C46H32N4. The van der Waals surface area contributed by atoms with Gasteiger partial charge in [0.15, 0.2) is 0 Å².